The fraction of sp³-hybridized carbons (Fsp3) is 0.375. The van der Waals surface area contributed by atoms with Crippen molar-refractivity contribution in [3.05, 3.63) is 46.8 Å². The lowest BCUT2D eigenvalue weighted by atomic mass is 10.1. The summed E-state index contributed by atoms with van der Waals surface area (Å²) in [4.78, 5) is 11.2. The Bertz CT molecular complexity index is 647. The third-order valence-corrected chi connectivity index (χ3v) is 3.46. The maximum absolute atomic E-state index is 11.2. The predicted molar refractivity (Wildman–Crippen MR) is 82.9 cm³/mol. The van der Waals surface area contributed by atoms with Gasteiger partial charge in [0.15, 0.2) is 0 Å². The van der Waals surface area contributed by atoms with Crippen LogP contribution in [0.2, 0.25) is 0 Å². The van der Waals surface area contributed by atoms with Gasteiger partial charge in [-0.2, -0.15) is 5.10 Å². The topological polar surface area (TPSA) is 67.2 Å². The zero-order chi connectivity index (χ0) is 15.4. The van der Waals surface area contributed by atoms with Crippen LogP contribution in [-0.2, 0) is 6.54 Å². The van der Waals surface area contributed by atoms with E-state index in [0.29, 0.717) is 17.8 Å². The minimum absolute atomic E-state index is 0.320. The number of aryl methyl sites for hydroxylation is 4. The molecule has 112 valence electrons. The van der Waals surface area contributed by atoms with Gasteiger partial charge in [-0.1, -0.05) is 12.1 Å². The van der Waals surface area contributed by atoms with Crippen LogP contribution in [0, 0.1) is 20.8 Å². The van der Waals surface area contributed by atoms with Crippen molar-refractivity contribution in [2.75, 3.05) is 11.9 Å². The zero-order valence-corrected chi connectivity index (χ0v) is 12.7. The molecule has 0 aliphatic rings. The Morgan fingerprint density at radius 3 is 2.71 bits per heavy atom. The number of carbonyl (C=O) groups is 1. The molecule has 2 rings (SSSR count). The lowest BCUT2D eigenvalue weighted by molar-refractivity contribution is 0.0698. The van der Waals surface area contributed by atoms with Gasteiger partial charge in [-0.15, -0.1) is 0 Å². The van der Waals surface area contributed by atoms with Gasteiger partial charge in [0.25, 0.3) is 0 Å². The Balaban J connectivity index is 1.95. The van der Waals surface area contributed by atoms with E-state index in [-0.39, 0.29) is 0 Å². The van der Waals surface area contributed by atoms with Crippen molar-refractivity contribution in [3.63, 3.8) is 0 Å². The molecule has 0 bridgehead atoms. The molecule has 0 fully saturated rings. The van der Waals surface area contributed by atoms with Gasteiger partial charge in [0.2, 0.25) is 0 Å². The Morgan fingerprint density at radius 1 is 1.33 bits per heavy atom. The van der Waals surface area contributed by atoms with Gasteiger partial charge in [-0.05, 0) is 44.9 Å². The Morgan fingerprint density at radius 2 is 2.10 bits per heavy atom. The van der Waals surface area contributed by atoms with Crippen molar-refractivity contribution in [1.29, 1.82) is 0 Å². The maximum Gasteiger partial charge on any atom is 0.337 e. The molecule has 0 aliphatic carbocycles. The third kappa shape index (κ3) is 3.62. The summed E-state index contributed by atoms with van der Waals surface area (Å²) in [5, 5.41) is 16.9. The van der Waals surface area contributed by atoms with Crippen LogP contribution >= 0.6 is 0 Å². The van der Waals surface area contributed by atoms with E-state index in [4.69, 9.17) is 0 Å². The van der Waals surface area contributed by atoms with Crippen molar-refractivity contribution in [2.24, 2.45) is 0 Å². The fourth-order valence-electron chi connectivity index (χ4n) is 2.42. The monoisotopic (exact) mass is 287 g/mol. The highest BCUT2D eigenvalue weighted by atomic mass is 16.4. The second-order valence-corrected chi connectivity index (χ2v) is 5.23. The lowest BCUT2D eigenvalue weighted by Gasteiger charge is -2.12. The van der Waals surface area contributed by atoms with Crippen LogP contribution in [-0.4, -0.2) is 27.4 Å². The van der Waals surface area contributed by atoms with Gasteiger partial charge >= 0.3 is 5.97 Å². The van der Waals surface area contributed by atoms with E-state index in [0.717, 1.165) is 29.9 Å². The molecular weight excluding hydrogens is 266 g/mol. The van der Waals surface area contributed by atoms with Crippen LogP contribution in [0.3, 0.4) is 0 Å². The molecule has 5 heteroatoms. The van der Waals surface area contributed by atoms with E-state index in [1.807, 2.05) is 31.5 Å². The molecule has 0 saturated heterocycles. The number of hydrogen-bond donors (Lipinski definition) is 2. The molecule has 0 radical (unpaired) electrons. The number of carboxylic acids is 1. The fourth-order valence-corrected chi connectivity index (χ4v) is 2.42. The second kappa shape index (κ2) is 6.43. The summed E-state index contributed by atoms with van der Waals surface area (Å²) in [6.07, 6.45) is 0.884. The first kappa shape index (κ1) is 15.1. The highest BCUT2D eigenvalue weighted by Crippen LogP contribution is 2.20. The number of benzene rings is 1. The van der Waals surface area contributed by atoms with Crippen LogP contribution in [0.15, 0.2) is 24.3 Å². The number of rotatable bonds is 6. The molecule has 1 aromatic carbocycles. The van der Waals surface area contributed by atoms with Gasteiger partial charge in [-0.3, -0.25) is 4.68 Å². The lowest BCUT2D eigenvalue weighted by Crippen LogP contribution is -2.12. The highest BCUT2D eigenvalue weighted by Gasteiger charge is 2.11. The first-order valence-corrected chi connectivity index (χ1v) is 7.07. The second-order valence-electron chi connectivity index (χ2n) is 5.23. The number of nitrogens with one attached hydrogen (secondary N) is 1. The molecule has 1 heterocycles. The molecule has 2 N–H and O–H groups in total. The van der Waals surface area contributed by atoms with Crippen molar-refractivity contribution in [3.8, 4) is 0 Å². The SMILES string of the molecule is Cc1cc(C)n(CCCNc2c(C)cccc2C(=O)O)n1. The molecule has 0 amide bonds. The van der Waals surface area contributed by atoms with Crippen molar-refractivity contribution < 1.29 is 9.90 Å². The van der Waals surface area contributed by atoms with E-state index < -0.39 is 5.97 Å². The number of aromatic carboxylic acids is 1. The van der Waals surface area contributed by atoms with Gasteiger partial charge < -0.3 is 10.4 Å². The van der Waals surface area contributed by atoms with E-state index in [2.05, 4.69) is 16.5 Å². The summed E-state index contributed by atoms with van der Waals surface area (Å²) >= 11 is 0. The quantitative estimate of drug-likeness (QED) is 0.801. The first-order chi connectivity index (χ1) is 9.99. The normalized spacial score (nSPS) is 10.6. The maximum atomic E-state index is 11.2. The van der Waals surface area contributed by atoms with Crippen molar-refractivity contribution >= 4 is 11.7 Å². The summed E-state index contributed by atoms with van der Waals surface area (Å²) in [5.74, 6) is -0.903. The number of para-hydroxylation sites is 1. The number of aromatic nitrogens is 2. The van der Waals surface area contributed by atoms with E-state index in [1.165, 1.54) is 0 Å². The summed E-state index contributed by atoms with van der Waals surface area (Å²) in [6, 6.07) is 7.35. The summed E-state index contributed by atoms with van der Waals surface area (Å²) < 4.78 is 1.98. The number of nitrogens with zero attached hydrogens (tertiary/aromatic N) is 2. The highest BCUT2D eigenvalue weighted by molar-refractivity contribution is 5.95. The molecule has 0 spiro atoms. The van der Waals surface area contributed by atoms with E-state index in [1.54, 1.807) is 12.1 Å². The molecule has 2 aromatic rings. The predicted octanol–water partition coefficient (Wildman–Crippen LogP) is 3.01. The summed E-state index contributed by atoms with van der Waals surface area (Å²) in [6.45, 7) is 7.46. The van der Waals surface area contributed by atoms with Crippen molar-refractivity contribution in [1.82, 2.24) is 9.78 Å². The summed E-state index contributed by atoms with van der Waals surface area (Å²) in [5.41, 5.74) is 4.14. The van der Waals surface area contributed by atoms with Crippen LogP contribution in [0.25, 0.3) is 0 Å². The largest absolute Gasteiger partial charge is 0.478 e. The van der Waals surface area contributed by atoms with E-state index in [9.17, 15) is 9.90 Å². The van der Waals surface area contributed by atoms with Crippen LogP contribution in [0.5, 0.6) is 0 Å². The standard InChI is InChI=1S/C16H21N3O2/c1-11-6-4-7-14(16(20)21)15(11)17-8-5-9-19-13(3)10-12(2)18-19/h4,6-7,10,17H,5,8-9H2,1-3H3,(H,20,21). The molecule has 0 unspecified atom stereocenters. The molecule has 1 aromatic heterocycles. The molecule has 21 heavy (non-hydrogen) atoms. The Hall–Kier alpha value is -2.30. The average Bonchev–Trinajstić information content (AvgIpc) is 2.74. The van der Waals surface area contributed by atoms with Gasteiger partial charge in [0, 0.05) is 18.8 Å². The molecule has 5 nitrogen and oxygen atoms in total. The van der Waals surface area contributed by atoms with Gasteiger partial charge in [0.1, 0.15) is 0 Å². The van der Waals surface area contributed by atoms with Crippen LogP contribution in [0.4, 0.5) is 5.69 Å². The molecule has 0 atom stereocenters. The minimum Gasteiger partial charge on any atom is -0.478 e. The summed E-state index contributed by atoms with van der Waals surface area (Å²) in [7, 11) is 0. The molecule has 0 saturated carbocycles. The molecule has 0 aliphatic heterocycles. The molecular formula is C16H21N3O2. The van der Waals surface area contributed by atoms with E-state index >= 15 is 0 Å². The van der Waals surface area contributed by atoms with Crippen LogP contribution < -0.4 is 5.32 Å². The Labute approximate surface area is 124 Å². The minimum atomic E-state index is -0.903. The zero-order valence-electron chi connectivity index (χ0n) is 12.7. The van der Waals surface area contributed by atoms with Crippen molar-refractivity contribution in [2.45, 2.75) is 33.7 Å². The van der Waals surface area contributed by atoms with Crippen LogP contribution in [0.1, 0.15) is 33.7 Å². The number of anilines is 1. The average molecular weight is 287 g/mol. The smallest absolute Gasteiger partial charge is 0.337 e. The third-order valence-electron chi connectivity index (χ3n) is 3.46. The first-order valence-electron chi connectivity index (χ1n) is 7.07. The number of hydrogen-bond acceptors (Lipinski definition) is 3. The van der Waals surface area contributed by atoms with Gasteiger partial charge in [-0.25, -0.2) is 4.79 Å². The Kier molecular flexibility index (Phi) is 4.62. The number of carboxylic acid groups (broad SMARTS) is 1. The van der Waals surface area contributed by atoms with Gasteiger partial charge in [0.05, 0.1) is 16.9 Å².